The molecule has 0 aliphatic rings. The molecular formula is C11H10BrNO2S. The molecule has 0 heterocycles. The lowest BCUT2D eigenvalue weighted by molar-refractivity contribution is -0.140. The van der Waals surface area contributed by atoms with Crippen LogP contribution in [0.5, 0.6) is 0 Å². The van der Waals surface area contributed by atoms with E-state index in [0.717, 1.165) is 9.37 Å². The molecule has 0 aliphatic heterocycles. The number of ether oxygens (including phenoxy) is 1. The first-order chi connectivity index (χ1) is 7.67. The summed E-state index contributed by atoms with van der Waals surface area (Å²) in [6.07, 6.45) is 0.388. The Kier molecular flexibility index (Phi) is 5.36. The lowest BCUT2D eigenvalue weighted by Gasteiger charge is -2.02. The smallest absolute Gasteiger partial charge is 0.306 e. The average Bonchev–Trinajstić information content (AvgIpc) is 2.29. The Bertz CT molecular complexity index is 428. The molecule has 84 valence electrons. The number of methoxy groups -OCH3 is 1. The minimum atomic E-state index is -0.208. The molecule has 0 aromatic heterocycles. The van der Waals surface area contributed by atoms with E-state index in [2.05, 4.69) is 26.7 Å². The average molecular weight is 300 g/mol. The molecule has 16 heavy (non-hydrogen) atoms. The molecule has 0 atom stereocenters. The molecule has 0 aliphatic carbocycles. The molecule has 0 saturated heterocycles. The van der Waals surface area contributed by atoms with Crippen LogP contribution in [-0.2, 0) is 9.53 Å². The fourth-order valence-electron chi connectivity index (χ4n) is 1.03. The van der Waals surface area contributed by atoms with Crippen LogP contribution in [0.1, 0.15) is 12.0 Å². The zero-order chi connectivity index (χ0) is 12.0. The first-order valence-electron chi connectivity index (χ1n) is 4.56. The SMILES string of the molecule is COC(=O)CCSc1ccc(C#N)c(Br)c1. The zero-order valence-electron chi connectivity index (χ0n) is 8.70. The second-order valence-electron chi connectivity index (χ2n) is 2.93. The van der Waals surface area contributed by atoms with Crippen LogP contribution in [0, 0.1) is 11.3 Å². The van der Waals surface area contributed by atoms with Crippen LogP contribution in [0.4, 0.5) is 0 Å². The highest BCUT2D eigenvalue weighted by Gasteiger charge is 2.03. The minimum absolute atomic E-state index is 0.208. The van der Waals surface area contributed by atoms with E-state index in [1.807, 2.05) is 12.1 Å². The van der Waals surface area contributed by atoms with Crippen LogP contribution in [0.25, 0.3) is 0 Å². The Hall–Kier alpha value is -0.990. The van der Waals surface area contributed by atoms with E-state index in [1.54, 1.807) is 17.8 Å². The van der Waals surface area contributed by atoms with E-state index >= 15 is 0 Å². The quantitative estimate of drug-likeness (QED) is 0.633. The van der Waals surface area contributed by atoms with Crippen molar-refractivity contribution in [3.8, 4) is 6.07 Å². The highest BCUT2D eigenvalue weighted by molar-refractivity contribution is 9.10. The van der Waals surface area contributed by atoms with Crippen molar-refractivity contribution in [2.45, 2.75) is 11.3 Å². The summed E-state index contributed by atoms with van der Waals surface area (Å²) in [5, 5.41) is 8.74. The van der Waals surface area contributed by atoms with Gasteiger partial charge < -0.3 is 4.74 Å². The number of thioether (sulfide) groups is 1. The topological polar surface area (TPSA) is 50.1 Å². The number of hydrogen-bond acceptors (Lipinski definition) is 4. The second-order valence-corrected chi connectivity index (χ2v) is 4.95. The van der Waals surface area contributed by atoms with Gasteiger partial charge in [0.2, 0.25) is 0 Å². The Morgan fingerprint density at radius 2 is 2.38 bits per heavy atom. The van der Waals surface area contributed by atoms with Gasteiger partial charge in [-0.05, 0) is 34.1 Å². The standard InChI is InChI=1S/C11H10BrNO2S/c1-15-11(14)4-5-16-9-3-2-8(7-13)10(12)6-9/h2-3,6H,4-5H2,1H3. The van der Waals surface area contributed by atoms with Gasteiger partial charge in [0, 0.05) is 15.1 Å². The van der Waals surface area contributed by atoms with Gasteiger partial charge in [-0.2, -0.15) is 5.26 Å². The number of hydrogen-bond donors (Lipinski definition) is 0. The molecule has 0 amide bonds. The monoisotopic (exact) mass is 299 g/mol. The van der Waals surface area contributed by atoms with Gasteiger partial charge in [-0.1, -0.05) is 0 Å². The summed E-state index contributed by atoms with van der Waals surface area (Å²) in [6, 6.07) is 7.57. The summed E-state index contributed by atoms with van der Waals surface area (Å²) in [7, 11) is 1.38. The summed E-state index contributed by atoms with van der Waals surface area (Å²) in [5.74, 6) is 0.464. The molecule has 0 radical (unpaired) electrons. The van der Waals surface area contributed by atoms with Crippen LogP contribution in [0.3, 0.4) is 0 Å². The molecule has 0 spiro atoms. The van der Waals surface area contributed by atoms with Gasteiger partial charge in [0.05, 0.1) is 19.1 Å². The fraction of sp³-hybridized carbons (Fsp3) is 0.273. The third kappa shape index (κ3) is 3.87. The number of nitriles is 1. The van der Waals surface area contributed by atoms with Gasteiger partial charge >= 0.3 is 5.97 Å². The van der Waals surface area contributed by atoms with E-state index in [9.17, 15) is 4.79 Å². The van der Waals surface area contributed by atoms with Crippen molar-refractivity contribution in [3.63, 3.8) is 0 Å². The molecule has 5 heteroatoms. The van der Waals surface area contributed by atoms with Crippen molar-refractivity contribution in [2.75, 3.05) is 12.9 Å². The second kappa shape index (κ2) is 6.56. The van der Waals surface area contributed by atoms with Gasteiger partial charge in [0.15, 0.2) is 0 Å². The Morgan fingerprint density at radius 3 is 2.94 bits per heavy atom. The molecule has 1 rings (SSSR count). The van der Waals surface area contributed by atoms with Crippen LogP contribution >= 0.6 is 27.7 Å². The van der Waals surface area contributed by atoms with Crippen molar-refractivity contribution >= 4 is 33.7 Å². The molecule has 0 unspecified atom stereocenters. The summed E-state index contributed by atoms with van der Waals surface area (Å²) < 4.78 is 5.32. The van der Waals surface area contributed by atoms with E-state index in [1.165, 1.54) is 7.11 Å². The van der Waals surface area contributed by atoms with Crippen molar-refractivity contribution in [1.29, 1.82) is 5.26 Å². The van der Waals surface area contributed by atoms with Gasteiger partial charge in [-0.15, -0.1) is 11.8 Å². The minimum Gasteiger partial charge on any atom is -0.469 e. The summed E-state index contributed by atoms with van der Waals surface area (Å²) >= 11 is 4.87. The highest BCUT2D eigenvalue weighted by Crippen LogP contribution is 2.25. The van der Waals surface area contributed by atoms with Gasteiger partial charge in [-0.25, -0.2) is 0 Å². The fourth-order valence-corrected chi connectivity index (χ4v) is 2.52. The lowest BCUT2D eigenvalue weighted by atomic mass is 10.2. The number of carbonyl (C=O) groups is 1. The van der Waals surface area contributed by atoms with Gasteiger partial charge in [-0.3, -0.25) is 4.79 Å². The van der Waals surface area contributed by atoms with Crippen molar-refractivity contribution in [1.82, 2.24) is 0 Å². The number of rotatable bonds is 4. The van der Waals surface area contributed by atoms with Crippen molar-refractivity contribution < 1.29 is 9.53 Å². The summed E-state index contributed by atoms with van der Waals surface area (Å²) in [4.78, 5) is 11.9. The third-order valence-corrected chi connectivity index (χ3v) is 3.52. The third-order valence-electron chi connectivity index (χ3n) is 1.86. The predicted molar refractivity (Wildman–Crippen MR) is 66.2 cm³/mol. The number of nitrogens with zero attached hydrogens (tertiary/aromatic N) is 1. The number of benzene rings is 1. The molecule has 1 aromatic rings. The maximum absolute atomic E-state index is 10.9. The molecule has 1 aromatic carbocycles. The van der Waals surface area contributed by atoms with Crippen LogP contribution in [0.2, 0.25) is 0 Å². The molecule has 0 N–H and O–H groups in total. The molecular weight excluding hydrogens is 290 g/mol. The summed E-state index contributed by atoms with van der Waals surface area (Å²) in [5.41, 5.74) is 0.609. The number of halogens is 1. The zero-order valence-corrected chi connectivity index (χ0v) is 11.1. The molecule has 0 bridgehead atoms. The van der Waals surface area contributed by atoms with Crippen molar-refractivity contribution in [2.24, 2.45) is 0 Å². The largest absolute Gasteiger partial charge is 0.469 e. The van der Waals surface area contributed by atoms with Crippen LogP contribution < -0.4 is 0 Å². The van der Waals surface area contributed by atoms with E-state index < -0.39 is 0 Å². The lowest BCUT2D eigenvalue weighted by Crippen LogP contribution is -2.00. The molecule has 0 fully saturated rings. The first kappa shape index (κ1) is 13.1. The highest BCUT2D eigenvalue weighted by atomic mass is 79.9. The van der Waals surface area contributed by atoms with Crippen LogP contribution in [-0.4, -0.2) is 18.8 Å². The maximum atomic E-state index is 10.9. The maximum Gasteiger partial charge on any atom is 0.306 e. The summed E-state index contributed by atoms with van der Waals surface area (Å²) in [6.45, 7) is 0. The van der Waals surface area contributed by atoms with Gasteiger partial charge in [0.1, 0.15) is 6.07 Å². The predicted octanol–water partition coefficient (Wildman–Crippen LogP) is 2.98. The van der Waals surface area contributed by atoms with Crippen LogP contribution in [0.15, 0.2) is 27.6 Å². The number of carbonyl (C=O) groups excluding carboxylic acids is 1. The van der Waals surface area contributed by atoms with E-state index in [4.69, 9.17) is 5.26 Å². The Balaban J connectivity index is 2.53. The van der Waals surface area contributed by atoms with E-state index in [0.29, 0.717) is 17.7 Å². The normalized spacial score (nSPS) is 9.56. The Morgan fingerprint density at radius 1 is 1.62 bits per heavy atom. The van der Waals surface area contributed by atoms with E-state index in [-0.39, 0.29) is 5.97 Å². The first-order valence-corrected chi connectivity index (χ1v) is 6.34. The Labute approximate surface area is 107 Å². The number of esters is 1. The molecule has 3 nitrogen and oxygen atoms in total. The molecule has 0 saturated carbocycles. The van der Waals surface area contributed by atoms with Crippen molar-refractivity contribution in [3.05, 3.63) is 28.2 Å². The van der Waals surface area contributed by atoms with Gasteiger partial charge in [0.25, 0.3) is 0 Å².